The smallest absolute Gasteiger partial charge is 0.249 e. The van der Waals surface area contributed by atoms with Crippen LogP contribution in [0.3, 0.4) is 0 Å². The standard InChI is InChI=1S/C15H11NO/c1-2-11-9-6-10-13(15(16)17)14(11)12-7-4-3-5-8-12/h1,3-10H,(H2,16,17). The minimum absolute atomic E-state index is 0.451. The first kappa shape index (κ1) is 11.0. The molecule has 0 saturated heterocycles. The van der Waals surface area contributed by atoms with Crippen LogP contribution in [0.1, 0.15) is 15.9 Å². The lowest BCUT2D eigenvalue weighted by Crippen LogP contribution is -2.13. The van der Waals surface area contributed by atoms with Crippen molar-refractivity contribution in [2.24, 2.45) is 5.73 Å². The number of benzene rings is 2. The van der Waals surface area contributed by atoms with Gasteiger partial charge in [-0.25, -0.2) is 0 Å². The largest absolute Gasteiger partial charge is 0.366 e. The van der Waals surface area contributed by atoms with Crippen LogP contribution < -0.4 is 5.73 Å². The van der Waals surface area contributed by atoms with E-state index in [1.165, 1.54) is 0 Å². The lowest BCUT2D eigenvalue weighted by molar-refractivity contribution is 0.100. The van der Waals surface area contributed by atoms with E-state index in [0.29, 0.717) is 11.1 Å². The summed E-state index contributed by atoms with van der Waals surface area (Å²) in [7, 11) is 0. The van der Waals surface area contributed by atoms with E-state index in [9.17, 15) is 4.79 Å². The van der Waals surface area contributed by atoms with Gasteiger partial charge in [-0.05, 0) is 17.7 Å². The second-order valence-electron chi connectivity index (χ2n) is 3.60. The predicted molar refractivity (Wildman–Crippen MR) is 68.3 cm³/mol. The number of primary amides is 1. The molecule has 2 aromatic rings. The number of amides is 1. The molecule has 0 bridgehead atoms. The zero-order valence-corrected chi connectivity index (χ0v) is 9.18. The lowest BCUT2D eigenvalue weighted by Gasteiger charge is -2.09. The van der Waals surface area contributed by atoms with Crippen LogP contribution in [0.25, 0.3) is 11.1 Å². The minimum atomic E-state index is -0.471. The average Bonchev–Trinajstić information content (AvgIpc) is 2.38. The van der Waals surface area contributed by atoms with E-state index >= 15 is 0 Å². The molecule has 2 N–H and O–H groups in total. The van der Waals surface area contributed by atoms with Crippen LogP contribution in [-0.4, -0.2) is 5.91 Å². The van der Waals surface area contributed by atoms with Crippen molar-refractivity contribution in [2.45, 2.75) is 0 Å². The molecule has 0 spiro atoms. The number of carbonyl (C=O) groups is 1. The summed E-state index contributed by atoms with van der Waals surface area (Å²) >= 11 is 0. The van der Waals surface area contributed by atoms with Crippen molar-refractivity contribution in [1.29, 1.82) is 0 Å². The zero-order valence-electron chi connectivity index (χ0n) is 9.18. The molecule has 0 radical (unpaired) electrons. The predicted octanol–water partition coefficient (Wildman–Crippen LogP) is 2.43. The van der Waals surface area contributed by atoms with Crippen molar-refractivity contribution in [3.05, 3.63) is 59.7 Å². The maximum Gasteiger partial charge on any atom is 0.249 e. The Labute approximate surface area is 100 Å². The van der Waals surface area contributed by atoms with Crippen LogP contribution in [0.5, 0.6) is 0 Å². The van der Waals surface area contributed by atoms with Crippen LogP contribution in [-0.2, 0) is 0 Å². The molecule has 0 atom stereocenters. The maximum absolute atomic E-state index is 11.4. The van der Waals surface area contributed by atoms with Gasteiger partial charge in [0, 0.05) is 16.7 Å². The van der Waals surface area contributed by atoms with E-state index in [-0.39, 0.29) is 0 Å². The van der Waals surface area contributed by atoms with E-state index in [1.807, 2.05) is 30.3 Å². The third-order valence-corrected chi connectivity index (χ3v) is 2.55. The maximum atomic E-state index is 11.4. The third kappa shape index (κ3) is 2.04. The first-order valence-corrected chi connectivity index (χ1v) is 5.19. The normalized spacial score (nSPS) is 9.59. The van der Waals surface area contributed by atoms with Gasteiger partial charge in [0.1, 0.15) is 0 Å². The number of carbonyl (C=O) groups excluding carboxylic acids is 1. The molecule has 2 aromatic carbocycles. The molecule has 0 unspecified atom stereocenters. The van der Waals surface area contributed by atoms with Crippen LogP contribution >= 0.6 is 0 Å². The summed E-state index contributed by atoms with van der Waals surface area (Å²) in [5.74, 6) is 2.11. The van der Waals surface area contributed by atoms with E-state index < -0.39 is 5.91 Å². The number of rotatable bonds is 2. The fourth-order valence-electron chi connectivity index (χ4n) is 1.79. The van der Waals surface area contributed by atoms with Crippen molar-refractivity contribution in [3.8, 4) is 23.5 Å². The van der Waals surface area contributed by atoms with E-state index in [0.717, 1.165) is 11.1 Å². The molecule has 82 valence electrons. The van der Waals surface area contributed by atoms with Gasteiger partial charge in [0.25, 0.3) is 0 Å². The van der Waals surface area contributed by atoms with E-state index in [4.69, 9.17) is 12.2 Å². The van der Waals surface area contributed by atoms with Gasteiger partial charge in [0.2, 0.25) is 5.91 Å². The Morgan fingerprint density at radius 1 is 1.06 bits per heavy atom. The van der Waals surface area contributed by atoms with Gasteiger partial charge >= 0.3 is 0 Å². The molecular formula is C15H11NO. The highest BCUT2D eigenvalue weighted by Crippen LogP contribution is 2.27. The van der Waals surface area contributed by atoms with Gasteiger partial charge in [-0.15, -0.1) is 6.42 Å². The van der Waals surface area contributed by atoms with E-state index in [2.05, 4.69) is 5.92 Å². The van der Waals surface area contributed by atoms with Crippen molar-refractivity contribution in [2.75, 3.05) is 0 Å². The van der Waals surface area contributed by atoms with Gasteiger partial charge in [0.05, 0.1) is 0 Å². The summed E-state index contributed by atoms with van der Waals surface area (Å²) < 4.78 is 0. The number of nitrogens with two attached hydrogens (primary N) is 1. The molecule has 2 rings (SSSR count). The average molecular weight is 221 g/mol. The fraction of sp³-hybridized carbons (Fsp3) is 0. The highest BCUT2D eigenvalue weighted by molar-refractivity contribution is 6.01. The first-order chi connectivity index (χ1) is 8.24. The molecule has 0 aliphatic heterocycles. The highest BCUT2D eigenvalue weighted by Gasteiger charge is 2.12. The second kappa shape index (κ2) is 4.54. The van der Waals surface area contributed by atoms with Crippen LogP contribution in [0, 0.1) is 12.3 Å². The van der Waals surface area contributed by atoms with Crippen LogP contribution in [0.15, 0.2) is 48.5 Å². The molecule has 0 aromatic heterocycles. The second-order valence-corrected chi connectivity index (χ2v) is 3.60. The summed E-state index contributed by atoms with van der Waals surface area (Å²) in [6.07, 6.45) is 5.45. The molecule has 0 heterocycles. The first-order valence-electron chi connectivity index (χ1n) is 5.19. The van der Waals surface area contributed by atoms with E-state index in [1.54, 1.807) is 18.2 Å². The molecule has 0 aliphatic carbocycles. The monoisotopic (exact) mass is 221 g/mol. The topological polar surface area (TPSA) is 43.1 Å². The minimum Gasteiger partial charge on any atom is -0.366 e. The fourth-order valence-corrected chi connectivity index (χ4v) is 1.79. The third-order valence-electron chi connectivity index (χ3n) is 2.55. The quantitative estimate of drug-likeness (QED) is 0.777. The van der Waals surface area contributed by atoms with Gasteiger partial charge in [-0.2, -0.15) is 0 Å². The molecule has 17 heavy (non-hydrogen) atoms. The number of terminal acetylenes is 1. The number of hydrogen-bond donors (Lipinski definition) is 1. The summed E-state index contributed by atoms with van der Waals surface area (Å²) in [6.45, 7) is 0. The van der Waals surface area contributed by atoms with Gasteiger partial charge in [0.15, 0.2) is 0 Å². The Hall–Kier alpha value is -2.53. The van der Waals surface area contributed by atoms with Gasteiger partial charge in [-0.3, -0.25) is 4.79 Å². The Bertz CT molecular complexity index is 594. The van der Waals surface area contributed by atoms with Crippen molar-refractivity contribution in [3.63, 3.8) is 0 Å². The van der Waals surface area contributed by atoms with Crippen molar-refractivity contribution in [1.82, 2.24) is 0 Å². The molecule has 2 heteroatoms. The molecule has 0 aliphatic rings. The summed E-state index contributed by atoms with van der Waals surface area (Å²) in [5.41, 5.74) is 8.12. The lowest BCUT2D eigenvalue weighted by atomic mass is 9.94. The van der Waals surface area contributed by atoms with Crippen molar-refractivity contribution < 1.29 is 4.79 Å². The number of hydrogen-bond acceptors (Lipinski definition) is 1. The Kier molecular flexibility index (Phi) is 2.93. The Morgan fingerprint density at radius 3 is 2.35 bits per heavy atom. The molecule has 2 nitrogen and oxygen atoms in total. The molecular weight excluding hydrogens is 210 g/mol. The zero-order chi connectivity index (χ0) is 12.3. The molecule has 1 amide bonds. The Morgan fingerprint density at radius 2 is 1.76 bits per heavy atom. The highest BCUT2D eigenvalue weighted by atomic mass is 16.1. The van der Waals surface area contributed by atoms with Crippen LogP contribution in [0.2, 0.25) is 0 Å². The summed E-state index contributed by atoms with van der Waals surface area (Å²) in [5, 5.41) is 0. The molecule has 0 fully saturated rings. The Balaban J connectivity index is 2.75. The summed E-state index contributed by atoms with van der Waals surface area (Å²) in [6, 6.07) is 14.7. The van der Waals surface area contributed by atoms with Crippen molar-refractivity contribution >= 4 is 5.91 Å². The van der Waals surface area contributed by atoms with Gasteiger partial charge < -0.3 is 5.73 Å². The van der Waals surface area contributed by atoms with Gasteiger partial charge in [-0.1, -0.05) is 42.3 Å². The SMILES string of the molecule is C#Cc1cccc(C(N)=O)c1-c1ccccc1. The van der Waals surface area contributed by atoms with Crippen LogP contribution in [0.4, 0.5) is 0 Å². The summed E-state index contributed by atoms with van der Waals surface area (Å²) in [4.78, 5) is 11.4. The molecule has 0 saturated carbocycles.